The molecule has 0 saturated carbocycles. The average Bonchev–Trinajstić information content (AvgIpc) is 3.69. The van der Waals surface area contributed by atoms with Gasteiger partial charge < -0.3 is 30.3 Å². The minimum absolute atomic E-state index is 0. The topological polar surface area (TPSA) is 129 Å². The molecule has 3 amide bonds. The smallest absolute Gasteiger partial charge is 0.278 e. The monoisotopic (exact) mass is 585 g/mol. The summed E-state index contributed by atoms with van der Waals surface area (Å²) in [5, 5.41) is 4.15. The Kier molecular flexibility index (Phi) is 7.40. The maximum absolute atomic E-state index is 13.5. The van der Waals surface area contributed by atoms with E-state index in [-0.39, 0.29) is 41.8 Å². The van der Waals surface area contributed by atoms with Crippen LogP contribution in [0.1, 0.15) is 36.5 Å². The molecular formula is C33H39N5O5. The first kappa shape index (κ1) is 29.1. The lowest BCUT2D eigenvalue weighted by molar-refractivity contribution is -0.157. The molecule has 5 aliphatic rings. The Morgan fingerprint density at radius 2 is 1.88 bits per heavy atom. The Labute approximate surface area is 251 Å². The van der Waals surface area contributed by atoms with E-state index in [1.54, 1.807) is 6.92 Å². The Morgan fingerprint density at radius 1 is 1.09 bits per heavy atom. The van der Waals surface area contributed by atoms with Gasteiger partial charge in [-0.15, -0.1) is 0 Å². The third-order valence-corrected chi connectivity index (χ3v) is 9.49. The number of ether oxygens (including phenoxy) is 1. The van der Waals surface area contributed by atoms with Crippen molar-refractivity contribution in [2.45, 2.75) is 57.1 Å². The van der Waals surface area contributed by atoms with Crippen molar-refractivity contribution in [3.63, 3.8) is 0 Å². The van der Waals surface area contributed by atoms with E-state index >= 15 is 0 Å². The number of likely N-dealkylation sites (N-methyl/N-ethyl adjacent to an activating group) is 1. The van der Waals surface area contributed by atoms with E-state index < -0.39 is 17.9 Å². The molecule has 0 radical (unpaired) electrons. The molecule has 226 valence electrons. The second-order valence-electron chi connectivity index (χ2n) is 12.3. The summed E-state index contributed by atoms with van der Waals surface area (Å²) in [6, 6.07) is 16.6. The predicted molar refractivity (Wildman–Crippen MR) is 163 cm³/mol. The van der Waals surface area contributed by atoms with Crippen LogP contribution in [-0.4, -0.2) is 93.6 Å². The molecule has 4 N–H and O–H groups in total. The van der Waals surface area contributed by atoms with Gasteiger partial charge in [-0.1, -0.05) is 54.1 Å². The number of fused-ring (bicyclic) bond motifs is 5. The molecule has 43 heavy (non-hydrogen) atoms. The van der Waals surface area contributed by atoms with Crippen molar-refractivity contribution in [2.75, 3.05) is 26.7 Å². The van der Waals surface area contributed by atoms with Crippen molar-refractivity contribution >= 4 is 34.2 Å². The van der Waals surface area contributed by atoms with E-state index in [9.17, 15) is 14.4 Å². The molecule has 2 aromatic carbocycles. The van der Waals surface area contributed by atoms with Gasteiger partial charge in [0.05, 0.1) is 12.0 Å². The Morgan fingerprint density at radius 3 is 2.63 bits per heavy atom. The summed E-state index contributed by atoms with van der Waals surface area (Å²) in [5.74, 6) is -1.04. The van der Waals surface area contributed by atoms with Crippen LogP contribution < -0.4 is 5.32 Å². The number of piperazine rings is 1. The number of aromatic amines is 1. The van der Waals surface area contributed by atoms with Crippen molar-refractivity contribution in [3.05, 3.63) is 77.5 Å². The van der Waals surface area contributed by atoms with Gasteiger partial charge in [0.1, 0.15) is 6.54 Å². The van der Waals surface area contributed by atoms with Crippen molar-refractivity contribution < 1.29 is 24.6 Å². The van der Waals surface area contributed by atoms with Crippen LogP contribution in [0.3, 0.4) is 0 Å². The number of benzene rings is 2. The van der Waals surface area contributed by atoms with Gasteiger partial charge in [0.15, 0.2) is 6.23 Å². The summed E-state index contributed by atoms with van der Waals surface area (Å²) in [4.78, 5) is 48.3. The number of H-pyrrole nitrogens is 1. The molecule has 1 unspecified atom stereocenters. The summed E-state index contributed by atoms with van der Waals surface area (Å²) in [6.07, 6.45) is 6.26. The van der Waals surface area contributed by atoms with E-state index in [4.69, 9.17) is 4.74 Å². The third-order valence-electron chi connectivity index (χ3n) is 9.49. The van der Waals surface area contributed by atoms with E-state index in [1.807, 2.05) is 29.2 Å². The predicted octanol–water partition coefficient (Wildman–Crippen LogP) is 2.23. The summed E-state index contributed by atoms with van der Waals surface area (Å²) in [7, 11) is 2.05. The van der Waals surface area contributed by atoms with Crippen molar-refractivity contribution in [1.82, 2.24) is 25.0 Å². The quantitative estimate of drug-likeness (QED) is 0.477. The number of aromatic nitrogens is 1. The summed E-state index contributed by atoms with van der Waals surface area (Å²) in [6.45, 7) is 4.97. The fourth-order valence-electron chi connectivity index (χ4n) is 7.39. The van der Waals surface area contributed by atoms with Crippen molar-refractivity contribution in [1.29, 1.82) is 0 Å². The van der Waals surface area contributed by atoms with Crippen LogP contribution in [0.5, 0.6) is 0 Å². The lowest BCUT2D eigenvalue weighted by atomic mass is 9.79. The second-order valence-corrected chi connectivity index (χ2v) is 12.3. The molecule has 3 saturated heterocycles. The zero-order chi connectivity index (χ0) is 29.2. The molecule has 4 aliphatic heterocycles. The number of carbonyl (C=O) groups excluding carboxylic acids is 3. The highest BCUT2D eigenvalue weighted by molar-refractivity contribution is 6.00. The lowest BCUT2D eigenvalue weighted by Crippen LogP contribution is -2.59. The maximum Gasteiger partial charge on any atom is 0.278 e. The minimum atomic E-state index is -1.48. The number of rotatable bonds is 2. The van der Waals surface area contributed by atoms with Crippen LogP contribution in [0.4, 0.5) is 0 Å². The highest BCUT2D eigenvalue weighted by atomic mass is 16.6. The maximum atomic E-state index is 13.5. The first-order valence-electron chi connectivity index (χ1n) is 14.9. The molecule has 1 aliphatic carbocycles. The summed E-state index contributed by atoms with van der Waals surface area (Å²) in [5.41, 5.74) is 4.57. The highest BCUT2D eigenvalue weighted by Crippen LogP contribution is 2.41. The molecule has 0 spiro atoms. The SMILES string of the molecule is CN1C[C@H](C(=O)N[C@]2(C)OC3[C@@H]4CCCN4C(=O)CN3C2=O)C=C2c3cccc4[nH]cc(c34)C[C@H]21.Cc1ccccc1.O. The van der Waals surface area contributed by atoms with E-state index in [2.05, 4.69) is 65.7 Å². The fraction of sp³-hybridized carbons (Fsp3) is 0.424. The van der Waals surface area contributed by atoms with Gasteiger partial charge in [0, 0.05) is 36.2 Å². The number of aryl methyl sites for hydroxylation is 1. The summed E-state index contributed by atoms with van der Waals surface area (Å²) < 4.78 is 6.22. The van der Waals surface area contributed by atoms with Crippen molar-refractivity contribution in [3.8, 4) is 0 Å². The molecule has 3 aromatic rings. The van der Waals surface area contributed by atoms with Crippen LogP contribution in [0.15, 0.2) is 60.8 Å². The van der Waals surface area contributed by atoms with Gasteiger partial charge in [-0.2, -0.15) is 0 Å². The van der Waals surface area contributed by atoms with Gasteiger partial charge in [0.2, 0.25) is 17.5 Å². The Hall–Kier alpha value is -3.99. The number of hydrogen-bond donors (Lipinski definition) is 2. The highest BCUT2D eigenvalue weighted by Gasteiger charge is 2.58. The van der Waals surface area contributed by atoms with Gasteiger partial charge in [0.25, 0.3) is 5.91 Å². The molecular weight excluding hydrogens is 546 g/mol. The zero-order valence-electron chi connectivity index (χ0n) is 24.8. The van der Waals surface area contributed by atoms with Gasteiger partial charge >= 0.3 is 0 Å². The molecule has 5 atom stereocenters. The average molecular weight is 586 g/mol. The normalized spacial score (nSPS) is 29.1. The standard InChI is InChI=1S/C26H29N5O4.C7H8.H2O/c1-26(25(34)31-13-21(32)30-8-4-7-19(30)24(31)35-26)28-23(33)15-9-17-16-5-3-6-18-22(16)14(11-27-18)10-20(17)29(2)12-15;1-7-5-3-2-4-6-7;/h3,5-6,9,11,15,19-20,24,27H,4,7-8,10,12-13H2,1-2H3,(H,28,33);2-6H,1H3;1H2/t15-,19+,20-,24?,26-;;/m1../s1. The van der Waals surface area contributed by atoms with Crippen LogP contribution >= 0.6 is 0 Å². The third kappa shape index (κ3) is 4.83. The van der Waals surface area contributed by atoms with E-state index in [0.29, 0.717) is 13.1 Å². The number of amides is 3. The first-order chi connectivity index (χ1) is 20.2. The first-order valence-corrected chi connectivity index (χ1v) is 14.9. The van der Waals surface area contributed by atoms with Crippen LogP contribution in [-0.2, 0) is 25.5 Å². The summed E-state index contributed by atoms with van der Waals surface area (Å²) >= 11 is 0. The number of nitrogens with one attached hydrogen (secondary N) is 2. The molecule has 0 bridgehead atoms. The minimum Gasteiger partial charge on any atom is -0.412 e. The van der Waals surface area contributed by atoms with Crippen LogP contribution in [0.25, 0.3) is 16.5 Å². The largest absolute Gasteiger partial charge is 0.412 e. The number of carbonyl (C=O) groups is 3. The zero-order valence-corrected chi connectivity index (χ0v) is 24.8. The molecule has 5 heterocycles. The second kappa shape index (κ2) is 10.9. The number of hydrogen-bond acceptors (Lipinski definition) is 5. The van der Waals surface area contributed by atoms with Gasteiger partial charge in [-0.3, -0.25) is 19.3 Å². The fourth-order valence-corrected chi connectivity index (χ4v) is 7.39. The molecule has 10 nitrogen and oxygen atoms in total. The van der Waals surface area contributed by atoms with Crippen LogP contribution in [0, 0.1) is 12.8 Å². The molecule has 1 aromatic heterocycles. The number of nitrogens with zero attached hydrogens (tertiary/aromatic N) is 3. The molecule has 8 rings (SSSR count). The Bertz CT molecular complexity index is 1600. The molecule has 3 fully saturated rings. The van der Waals surface area contributed by atoms with Crippen molar-refractivity contribution in [2.24, 2.45) is 5.92 Å². The van der Waals surface area contributed by atoms with Crippen LogP contribution in [0.2, 0.25) is 0 Å². The lowest BCUT2D eigenvalue weighted by Gasteiger charge is -2.40. The van der Waals surface area contributed by atoms with Gasteiger partial charge in [-0.25, -0.2) is 0 Å². The van der Waals surface area contributed by atoms with E-state index in [1.165, 1.54) is 21.4 Å². The molecule has 10 heteroatoms. The van der Waals surface area contributed by atoms with Gasteiger partial charge in [-0.05, 0) is 62.9 Å². The Balaban J connectivity index is 0.000000365. The van der Waals surface area contributed by atoms with E-state index in [0.717, 1.165) is 35.9 Å².